The molecule has 2 N–H and O–H groups in total. The van der Waals surface area contributed by atoms with Crippen molar-refractivity contribution in [3.8, 4) is 0 Å². The van der Waals surface area contributed by atoms with Crippen LogP contribution in [0.15, 0.2) is 58.4 Å². The van der Waals surface area contributed by atoms with Crippen LogP contribution in [0.5, 0.6) is 0 Å². The van der Waals surface area contributed by atoms with E-state index in [9.17, 15) is 4.21 Å². The van der Waals surface area contributed by atoms with Crippen molar-refractivity contribution in [1.82, 2.24) is 10.6 Å². The van der Waals surface area contributed by atoms with E-state index in [0.717, 1.165) is 10.5 Å². The SMILES string of the molecule is CN=C(NCCS(=O)c1ccccc1)NC(C)c1ccc(Cl)c(Cl)c1. The summed E-state index contributed by atoms with van der Waals surface area (Å²) in [6.07, 6.45) is 0. The predicted octanol–water partition coefficient (Wildman–Crippen LogP) is 4.03. The Balaban J connectivity index is 1.86. The van der Waals surface area contributed by atoms with Gasteiger partial charge in [0.25, 0.3) is 0 Å². The second kappa shape index (κ2) is 9.80. The van der Waals surface area contributed by atoms with Gasteiger partial charge in [-0.3, -0.25) is 9.20 Å². The maximum absolute atomic E-state index is 12.2. The van der Waals surface area contributed by atoms with Crippen molar-refractivity contribution >= 4 is 40.0 Å². The highest BCUT2D eigenvalue weighted by atomic mass is 35.5. The zero-order valence-corrected chi connectivity index (χ0v) is 16.5. The lowest BCUT2D eigenvalue weighted by Gasteiger charge is -2.18. The molecule has 0 aliphatic heterocycles. The smallest absolute Gasteiger partial charge is 0.191 e. The number of aliphatic imine (C=N–C) groups is 1. The second-order valence-corrected chi connectivity index (χ2v) is 7.79. The van der Waals surface area contributed by atoms with Crippen molar-refractivity contribution in [3.63, 3.8) is 0 Å². The molecule has 25 heavy (non-hydrogen) atoms. The zero-order valence-electron chi connectivity index (χ0n) is 14.1. The van der Waals surface area contributed by atoms with Crippen LogP contribution in [0.2, 0.25) is 10.0 Å². The molecule has 0 saturated carbocycles. The Morgan fingerprint density at radius 2 is 1.88 bits per heavy atom. The number of halogens is 2. The first kappa shape index (κ1) is 19.8. The number of hydrogen-bond donors (Lipinski definition) is 2. The van der Waals surface area contributed by atoms with Crippen molar-refractivity contribution < 1.29 is 4.21 Å². The van der Waals surface area contributed by atoms with Gasteiger partial charge in [0.15, 0.2) is 5.96 Å². The fourth-order valence-electron chi connectivity index (χ4n) is 2.22. The quantitative estimate of drug-likeness (QED) is 0.571. The van der Waals surface area contributed by atoms with E-state index in [1.807, 2.05) is 49.4 Å². The molecule has 2 unspecified atom stereocenters. The van der Waals surface area contributed by atoms with Crippen LogP contribution in [-0.2, 0) is 10.8 Å². The average molecular weight is 398 g/mol. The number of rotatable bonds is 6. The molecule has 0 aliphatic rings. The number of benzene rings is 2. The summed E-state index contributed by atoms with van der Waals surface area (Å²) in [5.41, 5.74) is 1.00. The van der Waals surface area contributed by atoms with Crippen LogP contribution in [0, 0.1) is 0 Å². The third-order valence-electron chi connectivity index (χ3n) is 3.61. The van der Waals surface area contributed by atoms with E-state index < -0.39 is 10.8 Å². The molecule has 134 valence electrons. The van der Waals surface area contributed by atoms with Gasteiger partial charge < -0.3 is 10.6 Å². The summed E-state index contributed by atoms with van der Waals surface area (Å²) in [6.45, 7) is 2.56. The summed E-state index contributed by atoms with van der Waals surface area (Å²) < 4.78 is 12.2. The minimum absolute atomic E-state index is 0.000544. The van der Waals surface area contributed by atoms with Crippen LogP contribution in [0.1, 0.15) is 18.5 Å². The van der Waals surface area contributed by atoms with Crippen LogP contribution >= 0.6 is 23.2 Å². The number of guanidine groups is 1. The van der Waals surface area contributed by atoms with Crippen LogP contribution in [0.4, 0.5) is 0 Å². The molecule has 0 saturated heterocycles. The van der Waals surface area contributed by atoms with Gasteiger partial charge in [-0.2, -0.15) is 0 Å². The van der Waals surface area contributed by atoms with Gasteiger partial charge >= 0.3 is 0 Å². The van der Waals surface area contributed by atoms with E-state index in [4.69, 9.17) is 23.2 Å². The fraction of sp³-hybridized carbons (Fsp3) is 0.278. The highest BCUT2D eigenvalue weighted by Gasteiger charge is 2.10. The van der Waals surface area contributed by atoms with Gasteiger partial charge in [-0.15, -0.1) is 0 Å². The number of nitrogens with zero attached hydrogens (tertiary/aromatic N) is 1. The first-order chi connectivity index (χ1) is 12.0. The molecule has 2 rings (SSSR count). The summed E-state index contributed by atoms with van der Waals surface area (Å²) in [5, 5.41) is 7.52. The Morgan fingerprint density at radius 3 is 2.52 bits per heavy atom. The Kier molecular flexibility index (Phi) is 7.75. The lowest BCUT2D eigenvalue weighted by molar-refractivity contribution is 0.677. The Bertz CT molecular complexity index is 753. The minimum Gasteiger partial charge on any atom is -0.355 e. The van der Waals surface area contributed by atoms with Gasteiger partial charge in [-0.25, -0.2) is 0 Å². The fourth-order valence-corrected chi connectivity index (χ4v) is 3.51. The van der Waals surface area contributed by atoms with Gasteiger partial charge in [-0.1, -0.05) is 47.5 Å². The van der Waals surface area contributed by atoms with Gasteiger partial charge in [0.2, 0.25) is 0 Å². The maximum atomic E-state index is 12.2. The molecule has 4 nitrogen and oxygen atoms in total. The summed E-state index contributed by atoms with van der Waals surface area (Å²) in [5.74, 6) is 1.15. The largest absolute Gasteiger partial charge is 0.355 e. The third kappa shape index (κ3) is 6.03. The first-order valence-electron chi connectivity index (χ1n) is 7.87. The van der Waals surface area contributed by atoms with E-state index >= 15 is 0 Å². The zero-order chi connectivity index (χ0) is 18.2. The predicted molar refractivity (Wildman–Crippen MR) is 107 cm³/mol. The third-order valence-corrected chi connectivity index (χ3v) is 5.72. The highest BCUT2D eigenvalue weighted by molar-refractivity contribution is 7.85. The molecule has 0 fully saturated rings. The summed E-state index contributed by atoms with van der Waals surface area (Å²) >= 11 is 12.0. The van der Waals surface area contributed by atoms with Crippen molar-refractivity contribution in [2.45, 2.75) is 17.9 Å². The van der Waals surface area contributed by atoms with Crippen LogP contribution in [-0.4, -0.2) is 29.5 Å². The monoisotopic (exact) mass is 397 g/mol. The van der Waals surface area contributed by atoms with Crippen LogP contribution in [0.25, 0.3) is 0 Å². The van der Waals surface area contributed by atoms with Gasteiger partial charge in [0, 0.05) is 24.2 Å². The maximum Gasteiger partial charge on any atom is 0.191 e. The van der Waals surface area contributed by atoms with E-state index in [1.54, 1.807) is 13.1 Å². The molecule has 0 heterocycles. The molecule has 2 aromatic carbocycles. The van der Waals surface area contributed by atoms with Gasteiger partial charge in [0.05, 0.1) is 26.9 Å². The van der Waals surface area contributed by atoms with Crippen LogP contribution in [0.3, 0.4) is 0 Å². The van der Waals surface area contributed by atoms with Crippen molar-refractivity contribution in [2.75, 3.05) is 19.3 Å². The lowest BCUT2D eigenvalue weighted by Crippen LogP contribution is -2.40. The molecule has 0 spiro atoms. The molecule has 2 atom stereocenters. The molecule has 0 amide bonds. The topological polar surface area (TPSA) is 53.5 Å². The first-order valence-corrected chi connectivity index (χ1v) is 9.94. The summed E-state index contributed by atoms with van der Waals surface area (Å²) in [4.78, 5) is 5.03. The normalized spacial score (nSPS) is 14.0. The standard InChI is InChI=1S/C18H21Cl2N3OS/c1-13(14-8-9-16(19)17(20)12-14)23-18(21-2)22-10-11-25(24)15-6-4-3-5-7-15/h3-9,12-13H,10-11H2,1-2H3,(H2,21,22,23). The number of nitrogens with one attached hydrogen (secondary N) is 2. The molecular weight excluding hydrogens is 377 g/mol. The van der Waals surface area contributed by atoms with Crippen molar-refractivity contribution in [3.05, 3.63) is 64.1 Å². The van der Waals surface area contributed by atoms with E-state index in [-0.39, 0.29) is 6.04 Å². The van der Waals surface area contributed by atoms with Crippen molar-refractivity contribution in [2.24, 2.45) is 4.99 Å². The van der Waals surface area contributed by atoms with E-state index in [2.05, 4.69) is 15.6 Å². The summed E-state index contributed by atoms with van der Waals surface area (Å²) in [6, 6.07) is 15.0. The molecule has 0 aliphatic carbocycles. The second-order valence-electron chi connectivity index (χ2n) is 5.40. The molecule has 2 aromatic rings. The Labute approximate surface area is 161 Å². The Morgan fingerprint density at radius 1 is 1.16 bits per heavy atom. The van der Waals surface area contributed by atoms with E-state index in [1.165, 1.54) is 0 Å². The minimum atomic E-state index is -1.03. The molecule has 0 radical (unpaired) electrons. The van der Waals surface area contributed by atoms with Gasteiger partial charge in [-0.05, 0) is 36.8 Å². The highest BCUT2D eigenvalue weighted by Crippen LogP contribution is 2.25. The molecule has 7 heteroatoms. The number of hydrogen-bond acceptors (Lipinski definition) is 2. The summed E-state index contributed by atoms with van der Waals surface area (Å²) in [7, 11) is 0.666. The van der Waals surface area contributed by atoms with Gasteiger partial charge in [0.1, 0.15) is 0 Å². The average Bonchev–Trinajstić information content (AvgIpc) is 2.63. The van der Waals surface area contributed by atoms with E-state index in [0.29, 0.717) is 28.3 Å². The lowest BCUT2D eigenvalue weighted by atomic mass is 10.1. The Hall–Kier alpha value is -1.56. The molecular formula is C18H21Cl2N3OS. The molecule has 0 bridgehead atoms. The van der Waals surface area contributed by atoms with Crippen molar-refractivity contribution in [1.29, 1.82) is 0 Å². The molecule has 0 aromatic heterocycles. The van der Waals surface area contributed by atoms with Crippen LogP contribution < -0.4 is 10.6 Å².